The van der Waals surface area contributed by atoms with E-state index in [9.17, 15) is 9.90 Å². The molecule has 0 aromatic rings. The van der Waals surface area contributed by atoms with E-state index in [1.165, 1.54) is 0 Å². The second-order valence-corrected chi connectivity index (χ2v) is 3.34. The van der Waals surface area contributed by atoms with Gasteiger partial charge in [0.05, 0.1) is 12.7 Å². The Morgan fingerprint density at radius 1 is 1.75 bits per heavy atom. The Bertz CT molecular complexity index is 166. The van der Waals surface area contributed by atoms with Crippen molar-refractivity contribution >= 4 is 6.29 Å². The Balaban J connectivity index is 2.40. The van der Waals surface area contributed by atoms with Gasteiger partial charge in [0.25, 0.3) is 0 Å². The zero-order valence-electron chi connectivity index (χ0n) is 7.32. The highest BCUT2D eigenvalue weighted by Gasteiger charge is 2.36. The van der Waals surface area contributed by atoms with Crippen molar-refractivity contribution in [1.29, 1.82) is 0 Å². The fourth-order valence-corrected chi connectivity index (χ4v) is 1.16. The fourth-order valence-electron chi connectivity index (χ4n) is 1.16. The SMILES string of the molecule is CC1(C)OCC(C(O)CC=O)O1. The molecule has 12 heavy (non-hydrogen) atoms. The topological polar surface area (TPSA) is 55.8 Å². The van der Waals surface area contributed by atoms with Crippen molar-refractivity contribution in [1.82, 2.24) is 0 Å². The molecule has 1 aliphatic rings. The minimum Gasteiger partial charge on any atom is -0.390 e. The molecule has 0 amide bonds. The number of ether oxygens (including phenoxy) is 2. The highest BCUT2D eigenvalue weighted by molar-refractivity contribution is 5.50. The van der Waals surface area contributed by atoms with Gasteiger partial charge in [-0.05, 0) is 13.8 Å². The first-order valence-electron chi connectivity index (χ1n) is 3.98. The molecule has 4 nitrogen and oxygen atoms in total. The van der Waals surface area contributed by atoms with Crippen molar-refractivity contribution in [3.63, 3.8) is 0 Å². The molecule has 70 valence electrons. The number of rotatable bonds is 3. The predicted molar refractivity (Wildman–Crippen MR) is 41.6 cm³/mol. The van der Waals surface area contributed by atoms with Crippen molar-refractivity contribution in [2.45, 2.75) is 38.3 Å². The number of carbonyl (C=O) groups excluding carboxylic acids is 1. The van der Waals surface area contributed by atoms with Crippen molar-refractivity contribution in [3.05, 3.63) is 0 Å². The number of aldehydes is 1. The van der Waals surface area contributed by atoms with Crippen LogP contribution >= 0.6 is 0 Å². The van der Waals surface area contributed by atoms with E-state index in [0.717, 1.165) is 0 Å². The molecule has 0 aromatic carbocycles. The average Bonchev–Trinajstić information content (AvgIpc) is 2.31. The second-order valence-electron chi connectivity index (χ2n) is 3.34. The summed E-state index contributed by atoms with van der Waals surface area (Å²) in [7, 11) is 0. The predicted octanol–water partition coefficient (Wildman–Crippen LogP) is 0.0878. The molecule has 0 aliphatic carbocycles. The van der Waals surface area contributed by atoms with E-state index in [4.69, 9.17) is 9.47 Å². The first-order chi connectivity index (χ1) is 5.55. The van der Waals surface area contributed by atoms with Crippen molar-refractivity contribution in [2.24, 2.45) is 0 Å². The Kier molecular flexibility index (Phi) is 2.82. The average molecular weight is 174 g/mol. The van der Waals surface area contributed by atoms with E-state index in [0.29, 0.717) is 12.9 Å². The molecule has 0 aromatic heterocycles. The molecule has 0 bridgehead atoms. The maximum absolute atomic E-state index is 10.1. The number of hydrogen-bond donors (Lipinski definition) is 1. The molecule has 1 rings (SSSR count). The summed E-state index contributed by atoms with van der Waals surface area (Å²) in [4.78, 5) is 10.1. The lowest BCUT2D eigenvalue weighted by Crippen LogP contribution is -2.30. The molecule has 2 atom stereocenters. The van der Waals surface area contributed by atoms with Gasteiger partial charge in [0, 0.05) is 6.42 Å². The van der Waals surface area contributed by atoms with Crippen LogP contribution in [-0.2, 0) is 14.3 Å². The van der Waals surface area contributed by atoms with Crippen LogP contribution in [0.3, 0.4) is 0 Å². The smallest absolute Gasteiger partial charge is 0.163 e. The number of aliphatic hydroxyl groups excluding tert-OH is 1. The van der Waals surface area contributed by atoms with Crippen LogP contribution in [0.25, 0.3) is 0 Å². The Hall–Kier alpha value is -0.450. The van der Waals surface area contributed by atoms with Crippen LogP contribution in [0, 0.1) is 0 Å². The molecule has 1 heterocycles. The first kappa shape index (κ1) is 9.64. The number of hydrogen-bond acceptors (Lipinski definition) is 4. The fraction of sp³-hybridized carbons (Fsp3) is 0.875. The van der Waals surface area contributed by atoms with Gasteiger partial charge >= 0.3 is 0 Å². The molecule has 0 saturated carbocycles. The van der Waals surface area contributed by atoms with Crippen LogP contribution in [0.15, 0.2) is 0 Å². The van der Waals surface area contributed by atoms with Crippen LogP contribution in [0.1, 0.15) is 20.3 Å². The molecular weight excluding hydrogens is 160 g/mol. The zero-order chi connectivity index (χ0) is 9.19. The molecule has 0 spiro atoms. The normalized spacial score (nSPS) is 30.1. The van der Waals surface area contributed by atoms with Gasteiger partial charge in [-0.1, -0.05) is 0 Å². The van der Waals surface area contributed by atoms with Gasteiger partial charge in [-0.15, -0.1) is 0 Å². The van der Waals surface area contributed by atoms with Gasteiger partial charge in [-0.3, -0.25) is 0 Å². The Morgan fingerprint density at radius 3 is 2.83 bits per heavy atom. The Labute approximate surface area is 71.5 Å². The van der Waals surface area contributed by atoms with Gasteiger partial charge in [-0.25, -0.2) is 0 Å². The summed E-state index contributed by atoms with van der Waals surface area (Å²) in [5, 5.41) is 9.34. The summed E-state index contributed by atoms with van der Waals surface area (Å²) in [6.45, 7) is 3.91. The Morgan fingerprint density at radius 2 is 2.42 bits per heavy atom. The third kappa shape index (κ3) is 2.27. The maximum Gasteiger partial charge on any atom is 0.163 e. The summed E-state index contributed by atoms with van der Waals surface area (Å²) < 4.78 is 10.6. The second kappa shape index (κ2) is 3.51. The minimum absolute atomic E-state index is 0.101. The lowest BCUT2D eigenvalue weighted by Gasteiger charge is -2.19. The summed E-state index contributed by atoms with van der Waals surface area (Å²) in [6, 6.07) is 0. The molecule has 1 aliphatic heterocycles. The van der Waals surface area contributed by atoms with Crippen LogP contribution in [0.5, 0.6) is 0 Å². The molecule has 4 heteroatoms. The van der Waals surface area contributed by atoms with Crippen molar-refractivity contribution in [3.8, 4) is 0 Å². The first-order valence-corrected chi connectivity index (χ1v) is 3.98. The van der Waals surface area contributed by atoms with E-state index in [-0.39, 0.29) is 12.5 Å². The largest absolute Gasteiger partial charge is 0.390 e. The third-order valence-corrected chi connectivity index (χ3v) is 1.80. The summed E-state index contributed by atoms with van der Waals surface area (Å²) in [5.41, 5.74) is 0. The summed E-state index contributed by atoms with van der Waals surface area (Å²) in [5.74, 6) is -0.630. The number of carbonyl (C=O) groups is 1. The maximum atomic E-state index is 10.1. The molecule has 1 fully saturated rings. The molecule has 1 saturated heterocycles. The molecule has 0 radical (unpaired) electrons. The van der Waals surface area contributed by atoms with Crippen LogP contribution < -0.4 is 0 Å². The van der Waals surface area contributed by atoms with Gasteiger partial charge in [0.15, 0.2) is 5.79 Å². The van der Waals surface area contributed by atoms with Gasteiger partial charge in [0.2, 0.25) is 0 Å². The van der Waals surface area contributed by atoms with Gasteiger partial charge in [0.1, 0.15) is 12.4 Å². The van der Waals surface area contributed by atoms with E-state index < -0.39 is 11.9 Å². The van der Waals surface area contributed by atoms with Crippen LogP contribution in [0.4, 0.5) is 0 Å². The third-order valence-electron chi connectivity index (χ3n) is 1.80. The quantitative estimate of drug-likeness (QED) is 0.616. The van der Waals surface area contributed by atoms with E-state index in [1.54, 1.807) is 13.8 Å². The number of aliphatic hydroxyl groups is 1. The summed E-state index contributed by atoms with van der Waals surface area (Å²) in [6.07, 6.45) is -0.335. The lowest BCUT2D eigenvalue weighted by atomic mass is 10.2. The van der Waals surface area contributed by atoms with E-state index >= 15 is 0 Å². The zero-order valence-corrected chi connectivity index (χ0v) is 7.32. The molecular formula is C8H14O4. The van der Waals surface area contributed by atoms with Gasteiger partial charge < -0.3 is 19.4 Å². The van der Waals surface area contributed by atoms with Crippen LogP contribution in [-0.4, -0.2) is 36.0 Å². The molecule has 1 N–H and O–H groups in total. The van der Waals surface area contributed by atoms with E-state index in [1.807, 2.05) is 0 Å². The molecule has 2 unspecified atom stereocenters. The van der Waals surface area contributed by atoms with Crippen molar-refractivity contribution in [2.75, 3.05) is 6.61 Å². The lowest BCUT2D eigenvalue weighted by molar-refractivity contribution is -0.152. The highest BCUT2D eigenvalue weighted by Crippen LogP contribution is 2.24. The van der Waals surface area contributed by atoms with Crippen molar-refractivity contribution < 1.29 is 19.4 Å². The standard InChI is InChI=1S/C8H14O4/c1-8(2)11-5-7(12-8)6(10)3-4-9/h4,6-7,10H,3,5H2,1-2H3. The van der Waals surface area contributed by atoms with Gasteiger partial charge in [-0.2, -0.15) is 0 Å². The monoisotopic (exact) mass is 174 g/mol. The van der Waals surface area contributed by atoms with Crippen LogP contribution in [0.2, 0.25) is 0 Å². The highest BCUT2D eigenvalue weighted by atomic mass is 16.7. The minimum atomic E-state index is -0.746. The summed E-state index contributed by atoms with van der Waals surface area (Å²) >= 11 is 0. The van der Waals surface area contributed by atoms with E-state index in [2.05, 4.69) is 0 Å².